The fourth-order valence-corrected chi connectivity index (χ4v) is 1.09. The predicted molar refractivity (Wildman–Crippen MR) is 56.0 cm³/mol. The number of rotatable bonds is 4. The Hall–Kier alpha value is -0.950. The molecule has 0 bridgehead atoms. The van der Waals surface area contributed by atoms with Gasteiger partial charge in [0.2, 0.25) is 0 Å². The molecule has 2 N–H and O–H groups in total. The first kappa shape index (κ1) is 14.1. The van der Waals surface area contributed by atoms with E-state index in [0.717, 1.165) is 0 Å². The summed E-state index contributed by atoms with van der Waals surface area (Å²) in [6.07, 6.45) is -1.45. The Kier molecular flexibility index (Phi) is 4.89. The van der Waals surface area contributed by atoms with Gasteiger partial charge in [-0.2, -0.15) is 17.7 Å². The summed E-state index contributed by atoms with van der Waals surface area (Å²) < 4.78 is 0. The molecular weight excluding hydrogens is 222 g/mol. The van der Waals surface area contributed by atoms with Crippen molar-refractivity contribution in [2.75, 3.05) is 5.75 Å². The highest BCUT2D eigenvalue weighted by Gasteiger charge is 2.33. The number of thiol groups is 1. The fraction of sp³-hybridized carbons (Fsp3) is 0.750. The molecule has 7 heteroatoms. The van der Waals surface area contributed by atoms with Crippen LogP contribution >= 0.6 is 12.6 Å². The molecule has 1 atom stereocenters. The molecule has 1 amide bonds. The average Bonchev–Trinajstić information content (AvgIpc) is 2.00. The van der Waals surface area contributed by atoms with Crippen LogP contribution in [0.4, 0.5) is 4.79 Å². The Morgan fingerprint density at radius 2 is 1.87 bits per heavy atom. The van der Waals surface area contributed by atoms with Crippen LogP contribution in [0.15, 0.2) is 0 Å². The van der Waals surface area contributed by atoms with Crippen LogP contribution in [0.1, 0.15) is 20.8 Å². The van der Waals surface area contributed by atoms with Crippen molar-refractivity contribution < 1.29 is 24.6 Å². The van der Waals surface area contributed by atoms with Crippen LogP contribution in [0.5, 0.6) is 0 Å². The summed E-state index contributed by atoms with van der Waals surface area (Å²) in [6.45, 7) is 4.88. The molecular formula is C8H15NO5S. The van der Waals surface area contributed by atoms with Crippen LogP contribution in [-0.4, -0.2) is 44.7 Å². The van der Waals surface area contributed by atoms with E-state index in [2.05, 4.69) is 12.6 Å². The van der Waals surface area contributed by atoms with Gasteiger partial charge in [-0.05, 0) is 20.8 Å². The average molecular weight is 237 g/mol. The standard InChI is InChI=1S/C8H15NO5S/c1-8(2,3)14-9(7(12)13)5(4-15)6(10)11/h5,15H,4H2,1-3H3,(H,10,11)(H,12,13)/t5-/m0/s1. The Morgan fingerprint density at radius 1 is 1.40 bits per heavy atom. The third-order valence-electron chi connectivity index (χ3n) is 1.30. The molecule has 0 aliphatic heterocycles. The highest BCUT2D eigenvalue weighted by Crippen LogP contribution is 2.14. The summed E-state index contributed by atoms with van der Waals surface area (Å²) in [6, 6.07) is -1.31. The van der Waals surface area contributed by atoms with Crippen molar-refractivity contribution in [3.05, 3.63) is 0 Å². The largest absolute Gasteiger partial charge is 0.480 e. The molecule has 0 heterocycles. The Bertz CT molecular complexity index is 250. The number of aliphatic carboxylic acids is 1. The van der Waals surface area contributed by atoms with Crippen molar-refractivity contribution >= 4 is 24.7 Å². The van der Waals surface area contributed by atoms with Crippen molar-refractivity contribution in [3.8, 4) is 0 Å². The summed E-state index contributed by atoms with van der Waals surface area (Å²) in [4.78, 5) is 26.5. The number of hydroxylamine groups is 2. The number of carbonyl (C=O) groups is 2. The zero-order valence-electron chi connectivity index (χ0n) is 8.80. The normalized spacial score (nSPS) is 13.3. The minimum atomic E-state index is -1.45. The number of carboxylic acid groups (broad SMARTS) is 2. The van der Waals surface area contributed by atoms with E-state index in [4.69, 9.17) is 15.1 Å². The molecule has 0 saturated heterocycles. The first-order chi connectivity index (χ1) is 6.69. The van der Waals surface area contributed by atoms with Gasteiger partial charge in [-0.25, -0.2) is 9.59 Å². The van der Waals surface area contributed by atoms with Crippen LogP contribution in [0.25, 0.3) is 0 Å². The van der Waals surface area contributed by atoms with Gasteiger partial charge in [0, 0.05) is 5.75 Å². The highest BCUT2D eigenvalue weighted by atomic mass is 32.1. The van der Waals surface area contributed by atoms with E-state index >= 15 is 0 Å². The second kappa shape index (κ2) is 5.22. The zero-order valence-corrected chi connectivity index (χ0v) is 9.69. The topological polar surface area (TPSA) is 87.1 Å². The van der Waals surface area contributed by atoms with E-state index in [9.17, 15) is 9.59 Å². The molecule has 0 unspecified atom stereocenters. The van der Waals surface area contributed by atoms with Gasteiger partial charge in [0.15, 0.2) is 6.04 Å². The van der Waals surface area contributed by atoms with E-state index in [1.165, 1.54) is 0 Å². The van der Waals surface area contributed by atoms with Crippen LogP contribution < -0.4 is 0 Å². The lowest BCUT2D eigenvalue weighted by Gasteiger charge is -2.30. The second-order valence-electron chi connectivity index (χ2n) is 3.85. The summed E-state index contributed by atoms with van der Waals surface area (Å²) in [7, 11) is 0. The summed E-state index contributed by atoms with van der Waals surface area (Å²) in [5.74, 6) is -1.45. The molecule has 0 aromatic rings. The number of hydrogen-bond donors (Lipinski definition) is 3. The van der Waals surface area contributed by atoms with Gasteiger partial charge in [-0.3, -0.25) is 4.84 Å². The maximum Gasteiger partial charge on any atom is 0.432 e. The van der Waals surface area contributed by atoms with Gasteiger partial charge in [0.05, 0.1) is 5.60 Å². The molecule has 0 radical (unpaired) electrons. The van der Waals surface area contributed by atoms with Gasteiger partial charge in [0.25, 0.3) is 0 Å². The minimum absolute atomic E-state index is 0.155. The summed E-state index contributed by atoms with van der Waals surface area (Å²) in [5, 5.41) is 18.0. The van der Waals surface area contributed by atoms with E-state index in [1.54, 1.807) is 20.8 Å². The van der Waals surface area contributed by atoms with Gasteiger partial charge in [-0.1, -0.05) is 0 Å². The molecule has 0 fully saturated rings. The molecule has 0 aromatic carbocycles. The number of hydrogen-bond acceptors (Lipinski definition) is 4. The van der Waals surface area contributed by atoms with E-state index in [0.29, 0.717) is 5.06 Å². The summed E-state index contributed by atoms with van der Waals surface area (Å²) >= 11 is 3.77. The summed E-state index contributed by atoms with van der Waals surface area (Å²) in [5.41, 5.74) is -0.783. The van der Waals surface area contributed by atoms with Crippen LogP contribution in [0.2, 0.25) is 0 Å². The quantitative estimate of drug-likeness (QED) is 0.503. The third-order valence-corrected chi connectivity index (χ3v) is 1.65. The SMILES string of the molecule is CC(C)(C)ON(C(=O)O)[C@@H](CS)C(=O)O. The lowest BCUT2D eigenvalue weighted by Crippen LogP contribution is -2.49. The third kappa shape index (κ3) is 4.89. The first-order valence-corrected chi connectivity index (χ1v) is 4.87. The number of amides is 1. The van der Waals surface area contributed by atoms with Crippen molar-refractivity contribution in [2.45, 2.75) is 32.4 Å². The van der Waals surface area contributed by atoms with E-state index < -0.39 is 23.7 Å². The Balaban J connectivity index is 4.79. The van der Waals surface area contributed by atoms with Crippen LogP contribution in [-0.2, 0) is 9.63 Å². The van der Waals surface area contributed by atoms with Crippen LogP contribution in [0.3, 0.4) is 0 Å². The van der Waals surface area contributed by atoms with Crippen molar-refractivity contribution in [1.29, 1.82) is 0 Å². The van der Waals surface area contributed by atoms with Crippen molar-refractivity contribution in [2.24, 2.45) is 0 Å². The molecule has 0 aliphatic rings. The first-order valence-electron chi connectivity index (χ1n) is 4.24. The van der Waals surface area contributed by atoms with Gasteiger partial charge in [-0.15, -0.1) is 0 Å². The molecule has 0 rings (SSSR count). The maximum atomic E-state index is 10.8. The van der Waals surface area contributed by atoms with Gasteiger partial charge < -0.3 is 10.2 Å². The molecule has 6 nitrogen and oxygen atoms in total. The Morgan fingerprint density at radius 3 is 2.07 bits per heavy atom. The lowest BCUT2D eigenvalue weighted by atomic mass is 10.2. The van der Waals surface area contributed by atoms with Crippen molar-refractivity contribution in [1.82, 2.24) is 5.06 Å². The van der Waals surface area contributed by atoms with Gasteiger partial charge >= 0.3 is 12.1 Å². The molecule has 0 aromatic heterocycles. The van der Waals surface area contributed by atoms with Gasteiger partial charge in [0.1, 0.15) is 0 Å². The fourth-order valence-electron chi connectivity index (χ4n) is 0.784. The molecule has 15 heavy (non-hydrogen) atoms. The second-order valence-corrected chi connectivity index (χ2v) is 4.21. The Labute approximate surface area is 93.2 Å². The lowest BCUT2D eigenvalue weighted by molar-refractivity contribution is -0.222. The molecule has 0 spiro atoms. The molecule has 88 valence electrons. The smallest absolute Gasteiger partial charge is 0.432 e. The minimum Gasteiger partial charge on any atom is -0.480 e. The van der Waals surface area contributed by atoms with Crippen LogP contribution in [0, 0.1) is 0 Å². The highest BCUT2D eigenvalue weighted by molar-refractivity contribution is 7.80. The maximum absolute atomic E-state index is 10.8. The van der Waals surface area contributed by atoms with E-state index in [-0.39, 0.29) is 5.75 Å². The zero-order chi connectivity index (χ0) is 12.2. The number of nitrogens with zero attached hydrogens (tertiary/aromatic N) is 1. The van der Waals surface area contributed by atoms with E-state index in [1.807, 2.05) is 0 Å². The molecule has 0 aliphatic carbocycles. The number of carboxylic acids is 1. The predicted octanol–water partition coefficient (Wildman–Crippen LogP) is 1.08. The molecule has 0 saturated carbocycles. The van der Waals surface area contributed by atoms with Crippen molar-refractivity contribution in [3.63, 3.8) is 0 Å². The monoisotopic (exact) mass is 237 g/mol.